The van der Waals surface area contributed by atoms with Gasteiger partial charge in [0.05, 0.1) is 22.2 Å². The number of aromatic nitrogens is 2. The highest BCUT2D eigenvalue weighted by molar-refractivity contribution is 7.90. The second-order valence-electron chi connectivity index (χ2n) is 6.49. The molecule has 8 nitrogen and oxygen atoms in total. The molecule has 0 radical (unpaired) electrons. The third-order valence-electron chi connectivity index (χ3n) is 4.36. The molecule has 0 bridgehead atoms. The zero-order valence-electron chi connectivity index (χ0n) is 15.4. The Hall–Kier alpha value is -3.20. The van der Waals surface area contributed by atoms with E-state index >= 15 is 0 Å². The zero-order chi connectivity index (χ0) is 20.5. The molecule has 1 amide bonds. The molecule has 0 atom stereocenters. The highest BCUT2D eigenvalue weighted by Crippen LogP contribution is 2.20. The van der Waals surface area contributed by atoms with Crippen molar-refractivity contribution in [2.75, 3.05) is 11.6 Å². The third kappa shape index (κ3) is 4.04. The number of benzene rings is 2. The molecule has 0 unspecified atom stereocenters. The lowest BCUT2D eigenvalue weighted by atomic mass is 10.2. The van der Waals surface area contributed by atoms with Crippen molar-refractivity contribution in [3.8, 4) is 0 Å². The fourth-order valence-electron chi connectivity index (χ4n) is 2.80. The predicted molar refractivity (Wildman–Crippen MR) is 106 cm³/mol. The first-order chi connectivity index (χ1) is 13.2. The van der Waals surface area contributed by atoms with Crippen molar-refractivity contribution in [3.63, 3.8) is 0 Å². The van der Waals surface area contributed by atoms with Crippen LogP contribution in [-0.2, 0) is 21.2 Å². The molecule has 2 N–H and O–H groups in total. The Labute approximate surface area is 160 Å². The molecule has 0 saturated heterocycles. The monoisotopic (exact) mass is 401 g/mol. The van der Waals surface area contributed by atoms with Gasteiger partial charge in [0, 0.05) is 18.4 Å². The number of fused-ring (bicyclic) bond motifs is 1. The summed E-state index contributed by atoms with van der Waals surface area (Å²) in [6, 6.07) is 10.9. The summed E-state index contributed by atoms with van der Waals surface area (Å²) in [7, 11) is -3.40. The van der Waals surface area contributed by atoms with E-state index in [-0.39, 0.29) is 23.2 Å². The molecule has 2 aromatic carbocycles. The van der Waals surface area contributed by atoms with Crippen molar-refractivity contribution < 1.29 is 13.2 Å². The number of nitrogens with zero attached hydrogens (tertiary/aromatic N) is 1. The third-order valence-corrected chi connectivity index (χ3v) is 5.47. The van der Waals surface area contributed by atoms with E-state index < -0.39 is 26.9 Å². The van der Waals surface area contributed by atoms with E-state index in [1.54, 1.807) is 37.3 Å². The molecule has 0 fully saturated rings. The predicted octanol–water partition coefficient (Wildman–Crippen LogP) is 1.43. The van der Waals surface area contributed by atoms with Gasteiger partial charge in [-0.25, -0.2) is 13.1 Å². The molecule has 3 aromatic rings. The molecule has 1 aromatic heterocycles. The SMILES string of the molecule is Cc1ccc(S(C)(=O)=O)cc1NC(=O)CCn1[nH]c(=O)c2ccccc2c1=O. The largest absolute Gasteiger partial charge is 0.326 e. The van der Waals surface area contributed by atoms with Crippen LogP contribution < -0.4 is 16.4 Å². The van der Waals surface area contributed by atoms with E-state index in [1.807, 2.05) is 0 Å². The van der Waals surface area contributed by atoms with Gasteiger partial charge in [0.15, 0.2) is 9.84 Å². The number of hydrogen-bond donors (Lipinski definition) is 2. The average Bonchev–Trinajstić information content (AvgIpc) is 2.64. The summed E-state index contributed by atoms with van der Waals surface area (Å²) in [5.41, 5.74) is 0.287. The van der Waals surface area contributed by atoms with Crippen molar-refractivity contribution >= 4 is 32.2 Å². The highest BCUT2D eigenvalue weighted by atomic mass is 32.2. The Balaban J connectivity index is 1.79. The highest BCUT2D eigenvalue weighted by Gasteiger charge is 2.12. The summed E-state index contributed by atoms with van der Waals surface area (Å²) in [6.07, 6.45) is 1.02. The number of amides is 1. The molecule has 28 heavy (non-hydrogen) atoms. The van der Waals surface area contributed by atoms with Gasteiger partial charge in [-0.15, -0.1) is 0 Å². The van der Waals surface area contributed by atoms with Crippen LogP contribution in [0.25, 0.3) is 10.8 Å². The van der Waals surface area contributed by atoms with Crippen molar-refractivity contribution in [2.45, 2.75) is 24.8 Å². The minimum atomic E-state index is -3.40. The van der Waals surface area contributed by atoms with E-state index in [2.05, 4.69) is 10.4 Å². The molecule has 0 saturated carbocycles. The maximum atomic E-state index is 12.5. The molecule has 3 rings (SSSR count). The second-order valence-corrected chi connectivity index (χ2v) is 8.51. The van der Waals surface area contributed by atoms with Crippen molar-refractivity contribution in [1.82, 2.24) is 9.78 Å². The van der Waals surface area contributed by atoms with Crippen LogP contribution in [0.15, 0.2) is 56.9 Å². The lowest BCUT2D eigenvalue weighted by Gasteiger charge is -2.11. The number of hydrogen-bond acceptors (Lipinski definition) is 5. The number of carbonyl (C=O) groups excluding carboxylic acids is 1. The van der Waals surface area contributed by atoms with Crippen LogP contribution in [0.5, 0.6) is 0 Å². The number of anilines is 1. The summed E-state index contributed by atoms with van der Waals surface area (Å²) in [4.78, 5) is 36.9. The summed E-state index contributed by atoms with van der Waals surface area (Å²) in [5.74, 6) is -0.408. The summed E-state index contributed by atoms with van der Waals surface area (Å²) in [6.45, 7) is 1.72. The van der Waals surface area contributed by atoms with Crippen molar-refractivity contribution in [2.24, 2.45) is 0 Å². The van der Waals surface area contributed by atoms with E-state index in [0.717, 1.165) is 10.9 Å². The molecule has 9 heteroatoms. The fourth-order valence-corrected chi connectivity index (χ4v) is 3.44. The standard InChI is InChI=1S/C19H19N3O5S/c1-12-7-8-13(28(2,26)27)11-16(12)20-17(23)9-10-22-19(25)15-6-4-3-5-14(15)18(24)21-22/h3-8,11H,9-10H2,1-2H3,(H,20,23)(H,21,24). The van der Waals surface area contributed by atoms with Gasteiger partial charge in [-0.3, -0.25) is 19.5 Å². The van der Waals surface area contributed by atoms with Crippen molar-refractivity contribution in [3.05, 3.63) is 68.7 Å². The quantitative estimate of drug-likeness (QED) is 0.671. The van der Waals surface area contributed by atoms with Gasteiger partial charge in [0.1, 0.15) is 0 Å². The van der Waals surface area contributed by atoms with Crippen LogP contribution in [0.3, 0.4) is 0 Å². The van der Waals surface area contributed by atoms with E-state index in [9.17, 15) is 22.8 Å². The van der Waals surface area contributed by atoms with Gasteiger partial charge in [0.2, 0.25) is 5.91 Å². The lowest BCUT2D eigenvalue weighted by Crippen LogP contribution is -2.31. The van der Waals surface area contributed by atoms with Crippen molar-refractivity contribution in [1.29, 1.82) is 0 Å². The van der Waals surface area contributed by atoms with Gasteiger partial charge < -0.3 is 5.32 Å². The molecule has 0 aliphatic rings. The van der Waals surface area contributed by atoms with Gasteiger partial charge in [-0.1, -0.05) is 18.2 Å². The Morgan fingerprint density at radius 2 is 1.79 bits per heavy atom. The first-order valence-corrected chi connectivity index (χ1v) is 10.4. The molecule has 0 spiro atoms. The lowest BCUT2D eigenvalue weighted by molar-refractivity contribution is -0.116. The van der Waals surface area contributed by atoms with Crippen LogP contribution in [0.1, 0.15) is 12.0 Å². The molecular formula is C19H19N3O5S. The zero-order valence-corrected chi connectivity index (χ0v) is 16.2. The molecule has 1 heterocycles. The molecule has 146 valence electrons. The normalized spacial score (nSPS) is 11.5. The summed E-state index contributed by atoms with van der Waals surface area (Å²) >= 11 is 0. The van der Waals surface area contributed by atoms with Crippen LogP contribution >= 0.6 is 0 Å². The number of rotatable bonds is 5. The molecule has 0 aliphatic heterocycles. The maximum Gasteiger partial charge on any atom is 0.273 e. The van der Waals surface area contributed by atoms with Crippen LogP contribution in [-0.4, -0.2) is 30.4 Å². The Morgan fingerprint density at radius 3 is 2.46 bits per heavy atom. The Morgan fingerprint density at radius 1 is 1.11 bits per heavy atom. The molecular weight excluding hydrogens is 382 g/mol. The average molecular weight is 401 g/mol. The van der Waals surface area contributed by atoms with Crippen LogP contribution in [0, 0.1) is 6.92 Å². The number of aryl methyl sites for hydroxylation is 2. The Bertz CT molecular complexity index is 1290. The fraction of sp³-hybridized carbons (Fsp3) is 0.211. The maximum absolute atomic E-state index is 12.5. The smallest absolute Gasteiger partial charge is 0.273 e. The minimum Gasteiger partial charge on any atom is -0.326 e. The van der Waals surface area contributed by atoms with Gasteiger partial charge in [-0.05, 0) is 36.8 Å². The van der Waals surface area contributed by atoms with Gasteiger partial charge in [0.25, 0.3) is 11.1 Å². The van der Waals surface area contributed by atoms with Gasteiger partial charge >= 0.3 is 0 Å². The van der Waals surface area contributed by atoms with Crippen LogP contribution in [0.4, 0.5) is 5.69 Å². The second kappa shape index (κ2) is 7.43. The molecule has 0 aliphatic carbocycles. The Kier molecular flexibility index (Phi) is 5.19. The van der Waals surface area contributed by atoms with Crippen LogP contribution in [0.2, 0.25) is 0 Å². The minimum absolute atomic E-state index is 0.0183. The number of sulfone groups is 1. The summed E-state index contributed by atoms with van der Waals surface area (Å²) in [5, 5.41) is 5.69. The van der Waals surface area contributed by atoms with E-state index in [4.69, 9.17) is 0 Å². The first-order valence-electron chi connectivity index (χ1n) is 8.49. The topological polar surface area (TPSA) is 118 Å². The number of aromatic amines is 1. The number of nitrogens with one attached hydrogen (secondary N) is 2. The summed E-state index contributed by atoms with van der Waals surface area (Å²) < 4.78 is 24.5. The number of carbonyl (C=O) groups is 1. The number of H-pyrrole nitrogens is 1. The van der Waals surface area contributed by atoms with E-state index in [0.29, 0.717) is 16.6 Å². The first kappa shape index (κ1) is 19.6. The van der Waals surface area contributed by atoms with E-state index in [1.165, 1.54) is 12.1 Å². The van der Waals surface area contributed by atoms with Gasteiger partial charge in [-0.2, -0.15) is 0 Å².